The normalized spacial score (nSPS) is 16.3. The molecule has 3 aromatic rings. The van der Waals surface area contributed by atoms with Gasteiger partial charge in [-0.1, -0.05) is 29.8 Å². The molecule has 1 aliphatic heterocycles. The summed E-state index contributed by atoms with van der Waals surface area (Å²) >= 11 is 7.73. The molecular formula is C21H19ClN2O2S. The number of nitrogens with zero attached hydrogens (tertiary/aromatic N) is 2. The van der Waals surface area contributed by atoms with Gasteiger partial charge in [-0.25, -0.2) is 0 Å². The number of ether oxygens (including phenoxy) is 2. The van der Waals surface area contributed by atoms with Crippen molar-refractivity contribution < 1.29 is 9.47 Å². The lowest BCUT2D eigenvalue weighted by Crippen LogP contribution is -2.18. The Kier molecular flexibility index (Phi) is 5.05. The molecule has 1 atom stereocenters. The van der Waals surface area contributed by atoms with Crippen LogP contribution in [0.4, 0.5) is 5.69 Å². The van der Waals surface area contributed by atoms with Gasteiger partial charge in [0.1, 0.15) is 0 Å². The molecule has 0 amide bonds. The molecule has 2 aromatic carbocycles. The Morgan fingerprint density at radius 2 is 1.85 bits per heavy atom. The molecule has 0 saturated carbocycles. The highest BCUT2D eigenvalue weighted by Gasteiger charge is 2.33. The molecule has 27 heavy (non-hydrogen) atoms. The summed E-state index contributed by atoms with van der Waals surface area (Å²) in [5.41, 5.74) is 3.12. The van der Waals surface area contributed by atoms with E-state index in [4.69, 9.17) is 26.2 Å². The van der Waals surface area contributed by atoms with E-state index in [9.17, 15) is 0 Å². The highest BCUT2D eigenvalue weighted by molar-refractivity contribution is 7.12. The molecule has 6 heteroatoms. The van der Waals surface area contributed by atoms with Crippen molar-refractivity contribution in [3.63, 3.8) is 0 Å². The second kappa shape index (κ2) is 7.62. The van der Waals surface area contributed by atoms with Gasteiger partial charge in [-0.2, -0.15) is 5.10 Å². The Balaban J connectivity index is 1.78. The first-order valence-corrected chi connectivity index (χ1v) is 9.83. The van der Waals surface area contributed by atoms with Crippen LogP contribution in [-0.2, 0) is 0 Å². The van der Waals surface area contributed by atoms with Crippen LogP contribution >= 0.6 is 22.9 Å². The number of benzene rings is 2. The molecule has 0 fully saturated rings. The molecule has 4 rings (SSSR count). The molecule has 2 heterocycles. The maximum absolute atomic E-state index is 6.04. The van der Waals surface area contributed by atoms with Crippen LogP contribution in [-0.4, -0.2) is 26.5 Å². The maximum Gasteiger partial charge on any atom is 0.164 e. The molecule has 4 nitrogen and oxygen atoms in total. The van der Waals surface area contributed by atoms with Crippen molar-refractivity contribution in [3.8, 4) is 11.5 Å². The van der Waals surface area contributed by atoms with Crippen LogP contribution in [0.15, 0.2) is 65.1 Å². The van der Waals surface area contributed by atoms with Gasteiger partial charge in [-0.05, 0) is 41.8 Å². The zero-order valence-electron chi connectivity index (χ0n) is 15.1. The molecular weight excluding hydrogens is 380 g/mol. The first-order chi connectivity index (χ1) is 13.2. The van der Waals surface area contributed by atoms with Gasteiger partial charge in [0, 0.05) is 10.6 Å². The molecule has 0 N–H and O–H groups in total. The lowest BCUT2D eigenvalue weighted by atomic mass is 9.92. The third-order valence-corrected chi connectivity index (χ3v) is 5.77. The number of anilines is 1. The molecule has 1 aliphatic rings. The number of rotatable bonds is 5. The van der Waals surface area contributed by atoms with Crippen molar-refractivity contribution >= 4 is 34.3 Å². The van der Waals surface area contributed by atoms with Crippen LogP contribution < -0.4 is 14.5 Å². The fourth-order valence-corrected chi connectivity index (χ4v) is 4.24. The van der Waals surface area contributed by atoms with Gasteiger partial charge < -0.3 is 9.47 Å². The largest absolute Gasteiger partial charge is 0.493 e. The number of hydrazone groups is 1. The second-order valence-electron chi connectivity index (χ2n) is 6.16. The minimum atomic E-state index is 0.0735. The number of hydrogen-bond acceptors (Lipinski definition) is 5. The van der Waals surface area contributed by atoms with Crippen molar-refractivity contribution in [3.05, 3.63) is 75.4 Å². The van der Waals surface area contributed by atoms with E-state index in [0.29, 0.717) is 5.02 Å². The topological polar surface area (TPSA) is 34.1 Å². The Bertz CT molecular complexity index is 955. The molecule has 0 spiro atoms. The number of halogens is 1. The van der Waals surface area contributed by atoms with Crippen molar-refractivity contribution in [2.75, 3.05) is 25.8 Å². The minimum absolute atomic E-state index is 0.0735. The molecule has 138 valence electrons. The first-order valence-electron chi connectivity index (χ1n) is 8.57. The van der Waals surface area contributed by atoms with Gasteiger partial charge in [0.05, 0.1) is 43.0 Å². The lowest BCUT2D eigenvalue weighted by Gasteiger charge is -2.19. The number of thiophene rings is 1. The number of para-hydroxylation sites is 1. The molecule has 0 bridgehead atoms. The van der Waals surface area contributed by atoms with Gasteiger partial charge in [0.15, 0.2) is 11.5 Å². The summed E-state index contributed by atoms with van der Waals surface area (Å²) in [4.78, 5) is 1.15. The van der Waals surface area contributed by atoms with Gasteiger partial charge in [0.25, 0.3) is 0 Å². The van der Waals surface area contributed by atoms with E-state index in [1.807, 2.05) is 47.5 Å². The molecule has 1 aromatic heterocycles. The summed E-state index contributed by atoms with van der Waals surface area (Å²) in [6.07, 6.45) is 0. The summed E-state index contributed by atoms with van der Waals surface area (Å²) in [6, 6.07) is 17.9. The quantitative estimate of drug-likeness (QED) is 0.574. The van der Waals surface area contributed by atoms with Crippen molar-refractivity contribution in [2.45, 2.75) is 5.92 Å². The fourth-order valence-electron chi connectivity index (χ4n) is 3.35. The van der Waals surface area contributed by atoms with Gasteiger partial charge in [-0.3, -0.25) is 5.01 Å². The minimum Gasteiger partial charge on any atom is -0.493 e. The summed E-state index contributed by atoms with van der Waals surface area (Å²) in [5, 5.41) is 9.75. The third kappa shape index (κ3) is 3.40. The van der Waals surface area contributed by atoms with E-state index in [0.717, 1.165) is 39.9 Å². The van der Waals surface area contributed by atoms with Crippen LogP contribution in [0.2, 0.25) is 5.02 Å². The Labute approximate surface area is 167 Å². The molecule has 0 radical (unpaired) electrons. The third-order valence-electron chi connectivity index (χ3n) is 4.62. The average molecular weight is 399 g/mol. The summed E-state index contributed by atoms with van der Waals surface area (Å²) < 4.78 is 11.2. The SMILES string of the molecule is COc1cccc([C@H]2CN(c3ccc(Cl)cc3)N=C2c2cccs2)c1OC. The zero-order valence-corrected chi connectivity index (χ0v) is 16.6. The van der Waals surface area contributed by atoms with Crippen LogP contribution in [0.25, 0.3) is 0 Å². The van der Waals surface area contributed by atoms with Crippen molar-refractivity contribution in [1.29, 1.82) is 0 Å². The summed E-state index contributed by atoms with van der Waals surface area (Å²) in [5.74, 6) is 1.56. The molecule has 0 aliphatic carbocycles. The van der Waals surface area contributed by atoms with E-state index in [1.54, 1.807) is 25.6 Å². The predicted octanol–water partition coefficient (Wildman–Crippen LogP) is 5.43. The van der Waals surface area contributed by atoms with Crippen LogP contribution in [0.3, 0.4) is 0 Å². The Morgan fingerprint density at radius 1 is 1.04 bits per heavy atom. The predicted molar refractivity (Wildman–Crippen MR) is 112 cm³/mol. The summed E-state index contributed by atoms with van der Waals surface area (Å²) in [7, 11) is 3.33. The smallest absolute Gasteiger partial charge is 0.164 e. The van der Waals surface area contributed by atoms with E-state index in [2.05, 4.69) is 17.5 Å². The highest BCUT2D eigenvalue weighted by atomic mass is 35.5. The monoisotopic (exact) mass is 398 g/mol. The zero-order chi connectivity index (χ0) is 18.8. The highest BCUT2D eigenvalue weighted by Crippen LogP contribution is 2.41. The van der Waals surface area contributed by atoms with E-state index in [-0.39, 0.29) is 5.92 Å². The van der Waals surface area contributed by atoms with Gasteiger partial charge >= 0.3 is 0 Å². The van der Waals surface area contributed by atoms with E-state index < -0.39 is 0 Å². The second-order valence-corrected chi connectivity index (χ2v) is 7.54. The summed E-state index contributed by atoms with van der Waals surface area (Å²) in [6.45, 7) is 0.721. The molecule has 0 saturated heterocycles. The average Bonchev–Trinajstić information content (AvgIpc) is 3.37. The number of methoxy groups -OCH3 is 2. The Morgan fingerprint density at radius 3 is 2.52 bits per heavy atom. The standard InChI is InChI=1S/C21H19ClN2O2S/c1-25-18-6-3-5-16(21(18)26-2)17-13-24(15-10-8-14(22)9-11-15)23-20(17)19-7-4-12-27-19/h3-12,17H,13H2,1-2H3/t17-/m1/s1. The van der Waals surface area contributed by atoms with Crippen LogP contribution in [0.5, 0.6) is 11.5 Å². The Hall–Kier alpha value is -2.50. The van der Waals surface area contributed by atoms with Crippen molar-refractivity contribution in [2.24, 2.45) is 5.10 Å². The molecule has 0 unspecified atom stereocenters. The van der Waals surface area contributed by atoms with E-state index in [1.165, 1.54) is 0 Å². The van der Waals surface area contributed by atoms with Gasteiger partial charge in [-0.15, -0.1) is 11.3 Å². The van der Waals surface area contributed by atoms with Crippen LogP contribution in [0, 0.1) is 0 Å². The lowest BCUT2D eigenvalue weighted by molar-refractivity contribution is 0.351. The number of hydrogen-bond donors (Lipinski definition) is 0. The maximum atomic E-state index is 6.04. The van der Waals surface area contributed by atoms with Crippen LogP contribution in [0.1, 0.15) is 16.4 Å². The van der Waals surface area contributed by atoms with Gasteiger partial charge in [0.2, 0.25) is 0 Å². The first kappa shape index (κ1) is 17.9. The van der Waals surface area contributed by atoms with E-state index >= 15 is 0 Å². The van der Waals surface area contributed by atoms with Crippen molar-refractivity contribution in [1.82, 2.24) is 0 Å². The fraction of sp³-hybridized carbons (Fsp3) is 0.190.